The highest BCUT2D eigenvalue weighted by molar-refractivity contribution is 8.38. The highest BCUT2D eigenvalue weighted by Crippen LogP contribution is 2.22. The van der Waals surface area contributed by atoms with Crippen LogP contribution in [-0.4, -0.2) is 32.9 Å². The number of H-pyrrole nitrogens is 1. The lowest BCUT2D eigenvalue weighted by atomic mass is 10.1. The molecule has 0 amide bonds. The van der Waals surface area contributed by atoms with E-state index in [0.717, 1.165) is 5.56 Å². The van der Waals surface area contributed by atoms with E-state index in [1.165, 1.54) is 0 Å². The maximum Gasteiger partial charge on any atom is 0.267 e. The van der Waals surface area contributed by atoms with Crippen LogP contribution in [0.1, 0.15) is 18.3 Å². The highest BCUT2D eigenvalue weighted by atomic mass is 32.8. The number of hydrogen-bond donors (Lipinski definition) is 3. The molecule has 2 atom stereocenters. The molecular formula is C15H16N4O2S2. The first-order valence-corrected chi connectivity index (χ1v) is 9.28. The van der Waals surface area contributed by atoms with Gasteiger partial charge in [0.15, 0.2) is 11.0 Å². The maximum absolute atomic E-state index is 12.3. The number of aliphatic hydroxyl groups excluding tert-OH is 1. The smallest absolute Gasteiger partial charge is 0.267 e. The van der Waals surface area contributed by atoms with Gasteiger partial charge in [-0.25, -0.2) is 4.98 Å². The molecule has 1 aliphatic rings. The zero-order valence-corrected chi connectivity index (χ0v) is 14.1. The first-order chi connectivity index (χ1) is 11.1. The number of aromatic amines is 1. The average molecular weight is 348 g/mol. The minimum atomic E-state index is -0.869. The number of aliphatic imine (C=N–C) groups is 1. The molecule has 1 aromatic heterocycles. The number of aromatic nitrogens is 2. The molecule has 0 saturated heterocycles. The molecule has 2 unspecified atom stereocenters. The van der Waals surface area contributed by atoms with Crippen LogP contribution in [-0.2, 0) is 27.1 Å². The van der Waals surface area contributed by atoms with Crippen molar-refractivity contribution in [2.24, 2.45) is 4.99 Å². The van der Waals surface area contributed by atoms with Crippen molar-refractivity contribution in [3.8, 4) is 0 Å². The van der Waals surface area contributed by atoms with Gasteiger partial charge in [-0.3, -0.25) is 9.79 Å². The summed E-state index contributed by atoms with van der Waals surface area (Å²) in [6, 6.07) is 9.52. The monoisotopic (exact) mass is 348 g/mol. The number of rotatable bonds is 4. The van der Waals surface area contributed by atoms with Crippen molar-refractivity contribution in [1.82, 2.24) is 9.97 Å². The van der Waals surface area contributed by atoms with E-state index in [1.807, 2.05) is 30.3 Å². The van der Waals surface area contributed by atoms with Gasteiger partial charge in [-0.15, -0.1) is 0 Å². The summed E-state index contributed by atoms with van der Waals surface area (Å²) in [6.45, 7) is 1.71. The Bertz CT molecular complexity index is 833. The molecule has 0 aliphatic carbocycles. The van der Waals surface area contributed by atoms with E-state index in [4.69, 9.17) is 16.3 Å². The molecule has 8 heteroatoms. The summed E-state index contributed by atoms with van der Waals surface area (Å²) in [5, 5.41) is 12.7. The van der Waals surface area contributed by atoms with Gasteiger partial charge in [0.1, 0.15) is 10.7 Å². The van der Waals surface area contributed by atoms with Crippen LogP contribution >= 0.6 is 0 Å². The lowest BCUT2D eigenvalue weighted by molar-refractivity contribution is 0.275. The Hall–Kier alpha value is -1.90. The normalized spacial score (nSPS) is 19.4. The fourth-order valence-electron chi connectivity index (χ4n) is 2.20. The quantitative estimate of drug-likeness (QED) is 0.766. The average Bonchev–Trinajstić information content (AvgIpc) is 2.84. The predicted molar refractivity (Wildman–Crippen MR) is 94.7 cm³/mol. The summed E-state index contributed by atoms with van der Waals surface area (Å²) in [5.41, 5.74) is 0.836. The molecule has 23 heavy (non-hydrogen) atoms. The fourth-order valence-corrected chi connectivity index (χ4v) is 4.07. The minimum absolute atomic E-state index is 0.0723. The van der Waals surface area contributed by atoms with Crippen molar-refractivity contribution < 1.29 is 5.11 Å². The van der Waals surface area contributed by atoms with Gasteiger partial charge in [0.05, 0.1) is 12.6 Å². The van der Waals surface area contributed by atoms with Crippen molar-refractivity contribution in [2.45, 2.75) is 24.3 Å². The number of amidine groups is 1. The molecule has 3 rings (SSSR count). The first-order valence-electron chi connectivity index (χ1n) is 7.13. The van der Waals surface area contributed by atoms with E-state index < -0.39 is 9.45 Å². The van der Waals surface area contributed by atoms with Crippen LogP contribution in [0.5, 0.6) is 0 Å². The van der Waals surface area contributed by atoms with Gasteiger partial charge >= 0.3 is 0 Å². The summed E-state index contributed by atoms with van der Waals surface area (Å²) in [5.74, 6) is 1.05. The Kier molecular flexibility index (Phi) is 4.65. The van der Waals surface area contributed by atoms with Gasteiger partial charge in [0, 0.05) is 6.42 Å². The molecule has 0 radical (unpaired) electrons. The summed E-state index contributed by atoms with van der Waals surface area (Å²) in [4.78, 5) is 24.4. The van der Waals surface area contributed by atoms with Gasteiger partial charge < -0.3 is 15.4 Å². The molecule has 0 fully saturated rings. The Labute approximate surface area is 140 Å². The highest BCUT2D eigenvalue weighted by Gasteiger charge is 2.27. The summed E-state index contributed by atoms with van der Waals surface area (Å²) in [7, 11) is -0.869. The number of hydrogen-bond acceptors (Lipinski definition) is 5. The molecule has 120 valence electrons. The second-order valence-electron chi connectivity index (χ2n) is 5.21. The number of aliphatic hydroxyl groups is 1. The topological polar surface area (TPSA) is 90.4 Å². The third-order valence-electron chi connectivity index (χ3n) is 3.33. The van der Waals surface area contributed by atoms with Crippen LogP contribution in [0.15, 0.2) is 45.0 Å². The van der Waals surface area contributed by atoms with Crippen LogP contribution in [0.2, 0.25) is 0 Å². The number of anilines is 1. The molecule has 1 aliphatic heterocycles. The van der Waals surface area contributed by atoms with E-state index in [9.17, 15) is 4.79 Å². The van der Waals surface area contributed by atoms with Gasteiger partial charge in [0.2, 0.25) is 0 Å². The Morgan fingerprint density at radius 2 is 2.13 bits per heavy atom. The molecule has 6 nitrogen and oxygen atoms in total. The number of fused-ring (bicyclic) bond motifs is 1. The summed E-state index contributed by atoms with van der Waals surface area (Å²) in [6.07, 6.45) is 0.537. The molecule has 0 bridgehead atoms. The van der Waals surface area contributed by atoms with E-state index in [2.05, 4.69) is 20.3 Å². The largest absolute Gasteiger partial charge is 0.394 e. The van der Waals surface area contributed by atoms with Gasteiger partial charge in [0.25, 0.3) is 5.56 Å². The summed E-state index contributed by atoms with van der Waals surface area (Å²) < 4.78 is 0. The molecule has 3 N–H and O–H groups in total. The van der Waals surface area contributed by atoms with E-state index in [0.29, 0.717) is 28.1 Å². The standard InChI is InChI=1S/C15H16N4O2S2/c1-9(8-20)16-15-19-13-12(23(15)22)14(21)18-11(17-13)7-10-5-3-2-4-6-10/h2-6,9,20H,7-8H2,1H3,(H2,16,17,18,19,21). The van der Waals surface area contributed by atoms with E-state index in [1.54, 1.807) is 6.92 Å². The van der Waals surface area contributed by atoms with Crippen molar-refractivity contribution in [3.05, 3.63) is 52.1 Å². The SMILES string of the molecule is CC(CO)N=C1Nc2nc(Cc3ccccc3)[nH]c(=O)c2S1=S. The van der Waals surface area contributed by atoms with Crippen LogP contribution in [0, 0.1) is 0 Å². The number of benzene rings is 1. The predicted octanol–water partition coefficient (Wildman–Crippen LogP) is 0.962. The summed E-state index contributed by atoms with van der Waals surface area (Å²) >= 11 is 5.40. The number of nitrogens with zero attached hydrogens (tertiary/aromatic N) is 2. The van der Waals surface area contributed by atoms with Crippen molar-refractivity contribution in [3.63, 3.8) is 0 Å². The second-order valence-corrected chi connectivity index (χ2v) is 7.54. The molecular weight excluding hydrogens is 332 g/mol. The molecule has 0 saturated carbocycles. The molecule has 2 heterocycles. The zero-order chi connectivity index (χ0) is 16.4. The minimum Gasteiger partial charge on any atom is -0.394 e. The van der Waals surface area contributed by atoms with Crippen LogP contribution in [0.25, 0.3) is 0 Å². The van der Waals surface area contributed by atoms with Gasteiger partial charge in [-0.05, 0) is 33.1 Å². The van der Waals surface area contributed by atoms with Crippen LogP contribution in [0.4, 0.5) is 5.82 Å². The zero-order valence-electron chi connectivity index (χ0n) is 12.4. The van der Waals surface area contributed by atoms with Crippen LogP contribution in [0.3, 0.4) is 0 Å². The molecule has 0 spiro atoms. The van der Waals surface area contributed by atoms with Gasteiger partial charge in [-0.2, -0.15) is 0 Å². The first kappa shape index (κ1) is 16.0. The second kappa shape index (κ2) is 6.69. The van der Waals surface area contributed by atoms with Gasteiger partial charge in [-0.1, -0.05) is 30.3 Å². The molecule has 2 aromatic rings. The van der Waals surface area contributed by atoms with Crippen molar-refractivity contribution in [2.75, 3.05) is 11.9 Å². The third-order valence-corrected chi connectivity index (χ3v) is 5.61. The van der Waals surface area contributed by atoms with Crippen molar-refractivity contribution >= 4 is 31.6 Å². The van der Waals surface area contributed by atoms with E-state index in [-0.39, 0.29) is 18.2 Å². The Morgan fingerprint density at radius 3 is 2.83 bits per heavy atom. The van der Waals surface area contributed by atoms with E-state index >= 15 is 0 Å². The van der Waals surface area contributed by atoms with Crippen LogP contribution < -0.4 is 10.9 Å². The molecule has 1 aromatic carbocycles. The lowest BCUT2D eigenvalue weighted by Crippen LogP contribution is -2.17. The maximum atomic E-state index is 12.3. The number of nitrogens with one attached hydrogen (secondary N) is 2. The lowest BCUT2D eigenvalue weighted by Gasteiger charge is -2.04. The van der Waals surface area contributed by atoms with Crippen molar-refractivity contribution in [1.29, 1.82) is 0 Å². The third kappa shape index (κ3) is 3.39. The Balaban J connectivity index is 1.93. The fraction of sp³-hybridized carbons (Fsp3) is 0.267. The Morgan fingerprint density at radius 1 is 1.39 bits per heavy atom.